The van der Waals surface area contributed by atoms with Gasteiger partial charge in [0.2, 0.25) is 11.8 Å². The summed E-state index contributed by atoms with van der Waals surface area (Å²) in [5, 5.41) is 2.64. The molecular formula is C12H24N2O4. The first kappa shape index (κ1) is 16.9. The topological polar surface area (TPSA) is 67.9 Å². The summed E-state index contributed by atoms with van der Waals surface area (Å²) in [5.74, 6) is -0.154. The molecule has 0 aromatic heterocycles. The minimum atomic E-state index is -0.210. The summed E-state index contributed by atoms with van der Waals surface area (Å²) in [5.41, 5.74) is 0. The van der Waals surface area contributed by atoms with Crippen LogP contribution < -0.4 is 5.32 Å². The van der Waals surface area contributed by atoms with Gasteiger partial charge in [0, 0.05) is 33.2 Å². The molecule has 18 heavy (non-hydrogen) atoms. The van der Waals surface area contributed by atoms with E-state index >= 15 is 0 Å². The van der Waals surface area contributed by atoms with Crippen LogP contribution in [0.2, 0.25) is 0 Å². The van der Waals surface area contributed by atoms with Crippen LogP contribution in [0.4, 0.5) is 0 Å². The summed E-state index contributed by atoms with van der Waals surface area (Å²) in [6.45, 7) is 6.47. The molecule has 0 aliphatic rings. The van der Waals surface area contributed by atoms with Gasteiger partial charge in [0.05, 0.1) is 13.2 Å². The van der Waals surface area contributed by atoms with Crippen molar-refractivity contribution in [3.63, 3.8) is 0 Å². The summed E-state index contributed by atoms with van der Waals surface area (Å²) in [6.07, 6.45) is 0.325. The quantitative estimate of drug-likeness (QED) is 0.562. The first-order chi connectivity index (χ1) is 8.65. The van der Waals surface area contributed by atoms with E-state index in [1.807, 2.05) is 13.8 Å². The lowest BCUT2D eigenvalue weighted by atomic mass is 10.3. The van der Waals surface area contributed by atoms with E-state index in [0.717, 1.165) is 0 Å². The maximum Gasteiger partial charge on any atom is 0.246 e. The molecule has 0 saturated carbocycles. The van der Waals surface area contributed by atoms with Crippen LogP contribution in [-0.4, -0.2) is 63.3 Å². The predicted molar refractivity (Wildman–Crippen MR) is 68.2 cm³/mol. The average Bonchev–Trinajstić information content (AvgIpc) is 2.36. The zero-order chi connectivity index (χ0) is 13.8. The van der Waals surface area contributed by atoms with Crippen LogP contribution in [0.25, 0.3) is 0 Å². The maximum atomic E-state index is 11.6. The Kier molecular flexibility index (Phi) is 10.3. The minimum absolute atomic E-state index is 0.00280. The number of hydrogen-bond acceptors (Lipinski definition) is 4. The molecule has 0 atom stereocenters. The lowest BCUT2D eigenvalue weighted by molar-refractivity contribution is -0.131. The van der Waals surface area contributed by atoms with Gasteiger partial charge >= 0.3 is 0 Å². The lowest BCUT2D eigenvalue weighted by Gasteiger charge is -2.18. The molecule has 0 rings (SSSR count). The average molecular weight is 260 g/mol. The summed E-state index contributed by atoms with van der Waals surface area (Å²) in [4.78, 5) is 24.6. The largest absolute Gasteiger partial charge is 0.382 e. The molecule has 0 unspecified atom stereocenters. The number of nitrogens with one attached hydrogen (secondary N) is 1. The first-order valence-electron chi connectivity index (χ1n) is 6.26. The second kappa shape index (κ2) is 11.0. The smallest absolute Gasteiger partial charge is 0.246 e. The number of nitrogens with zero attached hydrogens (tertiary/aromatic N) is 1. The van der Waals surface area contributed by atoms with Gasteiger partial charge in [-0.25, -0.2) is 0 Å². The zero-order valence-corrected chi connectivity index (χ0v) is 11.5. The summed E-state index contributed by atoms with van der Waals surface area (Å²) >= 11 is 0. The van der Waals surface area contributed by atoms with Crippen molar-refractivity contribution in [3.8, 4) is 0 Å². The lowest BCUT2D eigenvalue weighted by Crippen LogP contribution is -2.35. The third-order valence-corrected chi connectivity index (χ3v) is 2.44. The number of hydrogen-bond donors (Lipinski definition) is 1. The molecule has 6 nitrogen and oxygen atoms in total. The third-order valence-electron chi connectivity index (χ3n) is 2.44. The Labute approximate surface area is 109 Å². The molecule has 0 saturated heterocycles. The standard InChI is InChI=1S/C12H24N2O4/c1-4-14(5-2)12(16)6-7-13-11(15)10-18-9-8-17-3/h4-10H2,1-3H3,(H,13,15). The summed E-state index contributed by atoms with van der Waals surface area (Å²) in [7, 11) is 1.57. The van der Waals surface area contributed by atoms with E-state index in [9.17, 15) is 9.59 Å². The van der Waals surface area contributed by atoms with Crippen molar-refractivity contribution >= 4 is 11.8 Å². The highest BCUT2D eigenvalue weighted by Crippen LogP contribution is 1.92. The molecule has 0 aromatic rings. The molecule has 0 aromatic carbocycles. The molecule has 0 aliphatic carbocycles. The van der Waals surface area contributed by atoms with E-state index in [4.69, 9.17) is 9.47 Å². The van der Waals surface area contributed by atoms with E-state index in [1.165, 1.54) is 0 Å². The Morgan fingerprint density at radius 3 is 2.39 bits per heavy atom. The van der Waals surface area contributed by atoms with Crippen LogP contribution in [0.1, 0.15) is 20.3 Å². The van der Waals surface area contributed by atoms with Gasteiger partial charge < -0.3 is 19.7 Å². The second-order valence-electron chi connectivity index (χ2n) is 3.71. The fourth-order valence-electron chi connectivity index (χ4n) is 1.40. The monoisotopic (exact) mass is 260 g/mol. The van der Waals surface area contributed by atoms with E-state index in [2.05, 4.69) is 5.32 Å². The zero-order valence-electron chi connectivity index (χ0n) is 11.5. The maximum absolute atomic E-state index is 11.6. The van der Waals surface area contributed by atoms with Gasteiger partial charge in [-0.15, -0.1) is 0 Å². The van der Waals surface area contributed by atoms with E-state index in [0.29, 0.717) is 39.3 Å². The minimum Gasteiger partial charge on any atom is -0.382 e. The van der Waals surface area contributed by atoms with Crippen LogP contribution in [0, 0.1) is 0 Å². The Morgan fingerprint density at radius 2 is 1.83 bits per heavy atom. The van der Waals surface area contributed by atoms with Crippen molar-refractivity contribution < 1.29 is 19.1 Å². The van der Waals surface area contributed by atoms with Gasteiger partial charge in [-0.1, -0.05) is 0 Å². The molecule has 6 heteroatoms. The second-order valence-corrected chi connectivity index (χ2v) is 3.71. The highest BCUT2D eigenvalue weighted by molar-refractivity contribution is 5.79. The first-order valence-corrected chi connectivity index (χ1v) is 6.26. The third kappa shape index (κ3) is 8.03. The molecule has 2 amide bonds. The molecule has 106 valence electrons. The molecule has 0 bridgehead atoms. The van der Waals surface area contributed by atoms with Crippen LogP contribution in [-0.2, 0) is 19.1 Å². The van der Waals surface area contributed by atoms with Gasteiger partial charge in [-0.3, -0.25) is 9.59 Å². The van der Waals surface area contributed by atoms with Gasteiger partial charge in [0.1, 0.15) is 6.61 Å². The summed E-state index contributed by atoms with van der Waals surface area (Å²) < 4.78 is 9.83. The fraction of sp³-hybridized carbons (Fsp3) is 0.833. The molecule has 0 spiro atoms. The van der Waals surface area contributed by atoms with Crippen LogP contribution in [0.15, 0.2) is 0 Å². The number of carbonyl (C=O) groups excluding carboxylic acids is 2. The number of ether oxygens (including phenoxy) is 2. The van der Waals surface area contributed by atoms with Gasteiger partial charge in [-0.2, -0.15) is 0 Å². The van der Waals surface area contributed by atoms with E-state index in [-0.39, 0.29) is 18.4 Å². The van der Waals surface area contributed by atoms with Crippen molar-refractivity contribution in [2.24, 2.45) is 0 Å². The number of rotatable bonds is 10. The van der Waals surface area contributed by atoms with Crippen LogP contribution in [0.5, 0.6) is 0 Å². The molecule has 0 radical (unpaired) electrons. The van der Waals surface area contributed by atoms with Gasteiger partial charge in [-0.05, 0) is 13.8 Å². The Hall–Kier alpha value is -1.14. The molecule has 0 fully saturated rings. The highest BCUT2D eigenvalue weighted by Gasteiger charge is 2.09. The van der Waals surface area contributed by atoms with E-state index < -0.39 is 0 Å². The predicted octanol–water partition coefficient (Wildman–Crippen LogP) is 0.0241. The molecule has 0 aliphatic heterocycles. The Bertz CT molecular complexity index is 242. The van der Waals surface area contributed by atoms with Crippen molar-refractivity contribution in [2.75, 3.05) is 46.6 Å². The SMILES string of the molecule is CCN(CC)C(=O)CCNC(=O)COCCOC. The Morgan fingerprint density at radius 1 is 1.17 bits per heavy atom. The number of carbonyl (C=O) groups is 2. The van der Waals surface area contributed by atoms with Crippen LogP contribution in [0.3, 0.4) is 0 Å². The van der Waals surface area contributed by atoms with Crippen molar-refractivity contribution in [2.45, 2.75) is 20.3 Å². The van der Waals surface area contributed by atoms with E-state index in [1.54, 1.807) is 12.0 Å². The molecule has 0 heterocycles. The van der Waals surface area contributed by atoms with Crippen molar-refractivity contribution in [1.82, 2.24) is 10.2 Å². The molecular weight excluding hydrogens is 236 g/mol. The van der Waals surface area contributed by atoms with Crippen molar-refractivity contribution in [1.29, 1.82) is 0 Å². The van der Waals surface area contributed by atoms with Gasteiger partial charge in [0.15, 0.2) is 0 Å². The van der Waals surface area contributed by atoms with Crippen molar-refractivity contribution in [3.05, 3.63) is 0 Å². The number of methoxy groups -OCH3 is 1. The number of amides is 2. The normalized spacial score (nSPS) is 10.2. The summed E-state index contributed by atoms with van der Waals surface area (Å²) in [6, 6.07) is 0. The fourth-order valence-corrected chi connectivity index (χ4v) is 1.40. The van der Waals surface area contributed by atoms with Gasteiger partial charge in [0.25, 0.3) is 0 Å². The van der Waals surface area contributed by atoms with Crippen LogP contribution >= 0.6 is 0 Å². The Balaban J connectivity index is 3.58. The highest BCUT2D eigenvalue weighted by atomic mass is 16.5. The molecule has 1 N–H and O–H groups in total.